The second kappa shape index (κ2) is 9.92. The van der Waals surface area contributed by atoms with Gasteiger partial charge in [-0.2, -0.15) is 0 Å². The summed E-state index contributed by atoms with van der Waals surface area (Å²) in [5, 5.41) is 14.8. The second-order valence-electron chi connectivity index (χ2n) is 7.56. The number of piperazine rings is 1. The van der Waals surface area contributed by atoms with Crippen molar-refractivity contribution in [2.75, 3.05) is 51.3 Å². The Balaban J connectivity index is 1.24. The highest BCUT2D eigenvalue weighted by atomic mass is 32.1. The van der Waals surface area contributed by atoms with Gasteiger partial charge in [0.15, 0.2) is 5.13 Å². The maximum absolute atomic E-state index is 12.3. The van der Waals surface area contributed by atoms with Crippen LogP contribution in [0, 0.1) is 10.1 Å². The highest BCUT2D eigenvalue weighted by Gasteiger charge is 2.20. The molecule has 0 atom stereocenters. The van der Waals surface area contributed by atoms with Crippen molar-refractivity contribution in [3.8, 4) is 0 Å². The smallest absolute Gasteiger partial charge is 0.337 e. The highest BCUT2D eigenvalue weighted by molar-refractivity contribution is 7.22. The predicted octanol–water partition coefficient (Wildman–Crippen LogP) is 2.54. The summed E-state index contributed by atoms with van der Waals surface area (Å²) >= 11 is 1.47. The van der Waals surface area contributed by atoms with Gasteiger partial charge in [0.1, 0.15) is 0 Å². The molecule has 4 rings (SSSR count). The van der Waals surface area contributed by atoms with E-state index in [4.69, 9.17) is 0 Å². The third-order valence-corrected chi connectivity index (χ3v) is 6.58. The zero-order valence-corrected chi connectivity index (χ0v) is 18.8. The van der Waals surface area contributed by atoms with Gasteiger partial charge in [-0.25, -0.2) is 9.78 Å². The molecule has 1 aliphatic heterocycles. The number of amides is 1. The van der Waals surface area contributed by atoms with Gasteiger partial charge in [-0.05, 0) is 30.3 Å². The number of thiazole rings is 1. The normalized spacial score (nSPS) is 14.3. The lowest BCUT2D eigenvalue weighted by atomic mass is 10.1. The summed E-state index contributed by atoms with van der Waals surface area (Å²) in [5.41, 5.74) is 1.73. The first kappa shape index (κ1) is 22.6. The number of anilines is 1. The van der Waals surface area contributed by atoms with Gasteiger partial charge >= 0.3 is 5.97 Å². The van der Waals surface area contributed by atoms with Crippen LogP contribution in [0.1, 0.15) is 20.7 Å². The molecule has 172 valence electrons. The first-order chi connectivity index (χ1) is 15.9. The van der Waals surface area contributed by atoms with Crippen LogP contribution in [0.4, 0.5) is 10.8 Å². The third-order valence-electron chi connectivity index (χ3n) is 5.50. The number of methoxy groups -OCH3 is 1. The lowest BCUT2D eigenvalue weighted by Crippen LogP contribution is -2.48. The average Bonchev–Trinajstić information content (AvgIpc) is 3.27. The summed E-state index contributed by atoms with van der Waals surface area (Å²) in [6, 6.07) is 11.1. The quantitative estimate of drug-likeness (QED) is 0.319. The number of carbonyl (C=O) groups excluding carboxylic acids is 2. The molecule has 11 heteroatoms. The van der Waals surface area contributed by atoms with E-state index in [1.807, 2.05) is 0 Å². The molecule has 1 aliphatic rings. The van der Waals surface area contributed by atoms with Gasteiger partial charge in [0.05, 0.1) is 27.8 Å². The molecule has 0 saturated carbocycles. The fourth-order valence-corrected chi connectivity index (χ4v) is 4.67. The molecule has 2 heterocycles. The number of hydrogen-bond acceptors (Lipinski definition) is 9. The summed E-state index contributed by atoms with van der Waals surface area (Å²) in [6.45, 7) is 4.50. The lowest BCUT2D eigenvalue weighted by Gasteiger charge is -2.34. The molecule has 0 bridgehead atoms. The molecule has 0 unspecified atom stereocenters. The van der Waals surface area contributed by atoms with Crippen molar-refractivity contribution in [3.63, 3.8) is 0 Å². The Morgan fingerprint density at radius 2 is 1.82 bits per heavy atom. The summed E-state index contributed by atoms with van der Waals surface area (Å²) in [7, 11) is 1.32. The van der Waals surface area contributed by atoms with E-state index in [9.17, 15) is 19.7 Å². The first-order valence-electron chi connectivity index (χ1n) is 10.4. The summed E-state index contributed by atoms with van der Waals surface area (Å²) in [4.78, 5) is 43.5. The highest BCUT2D eigenvalue weighted by Crippen LogP contribution is 2.31. The standard InChI is InChI=1S/C22H23N5O5S/c1-32-21(29)16-4-2-15(3-5-16)20(28)23-8-9-25-10-12-26(13-11-25)22-24-18-7-6-17(27(30)31)14-19(18)33-22/h2-7,14H,8-13H2,1H3,(H,23,28). The fourth-order valence-electron chi connectivity index (χ4n) is 3.62. The van der Waals surface area contributed by atoms with E-state index in [-0.39, 0.29) is 11.6 Å². The molecule has 1 aromatic heterocycles. The van der Waals surface area contributed by atoms with Crippen molar-refractivity contribution in [2.45, 2.75) is 0 Å². The van der Waals surface area contributed by atoms with Crippen molar-refractivity contribution in [3.05, 3.63) is 63.7 Å². The van der Waals surface area contributed by atoms with Crippen LogP contribution >= 0.6 is 11.3 Å². The number of benzene rings is 2. The van der Waals surface area contributed by atoms with E-state index in [0.717, 1.165) is 48.1 Å². The van der Waals surface area contributed by atoms with Gasteiger partial charge in [-0.15, -0.1) is 0 Å². The minimum atomic E-state index is -0.437. The fraction of sp³-hybridized carbons (Fsp3) is 0.318. The zero-order valence-electron chi connectivity index (χ0n) is 18.0. The van der Waals surface area contributed by atoms with Gasteiger partial charge in [-0.3, -0.25) is 19.8 Å². The number of aromatic nitrogens is 1. The zero-order chi connectivity index (χ0) is 23.4. The number of fused-ring (bicyclic) bond motifs is 1. The minimum Gasteiger partial charge on any atom is -0.465 e. The number of ether oxygens (including phenoxy) is 1. The van der Waals surface area contributed by atoms with Crippen LogP contribution in [0.15, 0.2) is 42.5 Å². The molecule has 1 N–H and O–H groups in total. The molecular formula is C22H23N5O5S. The molecular weight excluding hydrogens is 446 g/mol. The number of rotatable bonds is 7. The molecule has 1 saturated heterocycles. The molecule has 0 radical (unpaired) electrons. The number of nitro benzene ring substituents is 1. The Bertz CT molecular complexity index is 1170. The van der Waals surface area contributed by atoms with Crippen molar-refractivity contribution >= 4 is 44.2 Å². The van der Waals surface area contributed by atoms with Gasteiger partial charge in [0, 0.05) is 57.0 Å². The van der Waals surface area contributed by atoms with E-state index in [1.54, 1.807) is 36.4 Å². The third kappa shape index (κ3) is 5.26. The van der Waals surface area contributed by atoms with Crippen LogP contribution in [-0.2, 0) is 4.74 Å². The summed E-state index contributed by atoms with van der Waals surface area (Å²) in [5.74, 6) is -0.623. The molecule has 1 amide bonds. The molecule has 2 aromatic carbocycles. The number of esters is 1. The van der Waals surface area contributed by atoms with Crippen LogP contribution in [0.2, 0.25) is 0 Å². The van der Waals surface area contributed by atoms with E-state index in [1.165, 1.54) is 24.5 Å². The Hall–Kier alpha value is -3.57. The second-order valence-corrected chi connectivity index (χ2v) is 8.57. The van der Waals surface area contributed by atoms with E-state index in [0.29, 0.717) is 17.7 Å². The number of hydrogen-bond donors (Lipinski definition) is 1. The largest absolute Gasteiger partial charge is 0.465 e. The van der Waals surface area contributed by atoms with Crippen LogP contribution in [0.5, 0.6) is 0 Å². The van der Waals surface area contributed by atoms with Crippen LogP contribution in [0.25, 0.3) is 10.2 Å². The van der Waals surface area contributed by atoms with E-state index >= 15 is 0 Å². The van der Waals surface area contributed by atoms with Crippen molar-refractivity contribution in [2.24, 2.45) is 0 Å². The number of carbonyl (C=O) groups is 2. The van der Waals surface area contributed by atoms with Crippen LogP contribution < -0.4 is 10.2 Å². The minimum absolute atomic E-state index is 0.0731. The lowest BCUT2D eigenvalue weighted by molar-refractivity contribution is -0.384. The number of non-ortho nitro benzene ring substituents is 1. The molecule has 1 fully saturated rings. The van der Waals surface area contributed by atoms with Gasteiger partial charge in [-0.1, -0.05) is 11.3 Å². The first-order valence-corrected chi connectivity index (χ1v) is 11.2. The van der Waals surface area contributed by atoms with Gasteiger partial charge < -0.3 is 15.0 Å². The average molecular weight is 470 g/mol. The van der Waals surface area contributed by atoms with Crippen molar-refractivity contribution < 1.29 is 19.2 Å². The topological polar surface area (TPSA) is 118 Å². The van der Waals surface area contributed by atoms with Crippen molar-refractivity contribution in [1.82, 2.24) is 15.2 Å². The Labute approximate surface area is 193 Å². The Morgan fingerprint density at radius 3 is 2.48 bits per heavy atom. The molecule has 0 aliphatic carbocycles. The molecule has 3 aromatic rings. The molecule has 10 nitrogen and oxygen atoms in total. The Kier molecular flexibility index (Phi) is 6.80. The SMILES string of the molecule is COC(=O)c1ccc(C(=O)NCCN2CCN(c3nc4ccc([N+](=O)[O-])cc4s3)CC2)cc1. The van der Waals surface area contributed by atoms with Gasteiger partial charge in [0.2, 0.25) is 0 Å². The van der Waals surface area contributed by atoms with E-state index < -0.39 is 10.9 Å². The van der Waals surface area contributed by atoms with Gasteiger partial charge in [0.25, 0.3) is 11.6 Å². The molecule has 0 spiro atoms. The van der Waals surface area contributed by atoms with Crippen LogP contribution in [0.3, 0.4) is 0 Å². The monoisotopic (exact) mass is 469 g/mol. The number of nitrogens with zero attached hydrogens (tertiary/aromatic N) is 4. The number of nitrogens with one attached hydrogen (secondary N) is 1. The summed E-state index contributed by atoms with van der Waals surface area (Å²) in [6.07, 6.45) is 0. The molecule has 33 heavy (non-hydrogen) atoms. The number of nitro groups is 1. The predicted molar refractivity (Wildman–Crippen MR) is 125 cm³/mol. The van der Waals surface area contributed by atoms with E-state index in [2.05, 4.69) is 24.8 Å². The maximum Gasteiger partial charge on any atom is 0.337 e. The Morgan fingerprint density at radius 1 is 1.12 bits per heavy atom. The summed E-state index contributed by atoms with van der Waals surface area (Å²) < 4.78 is 5.47. The maximum atomic E-state index is 12.3. The van der Waals surface area contributed by atoms with Crippen LogP contribution in [-0.4, -0.2) is 73.1 Å². The van der Waals surface area contributed by atoms with Crippen molar-refractivity contribution in [1.29, 1.82) is 0 Å².